The highest BCUT2D eigenvalue weighted by atomic mass is 16.5. The second kappa shape index (κ2) is 6.27. The number of aryl methyl sites for hydroxylation is 2. The molecule has 0 saturated carbocycles. The Morgan fingerprint density at radius 2 is 1.81 bits per heavy atom. The van der Waals surface area contributed by atoms with Gasteiger partial charge >= 0.3 is 0 Å². The minimum atomic E-state index is 0.129. The van der Waals surface area contributed by atoms with Gasteiger partial charge in [-0.2, -0.15) is 5.10 Å². The van der Waals surface area contributed by atoms with Gasteiger partial charge in [-0.15, -0.1) is 0 Å². The maximum atomic E-state index is 5.96. The molecular weight excluding hydrogens is 326 g/mol. The Bertz CT molecular complexity index is 956. The predicted molar refractivity (Wildman–Crippen MR) is 103 cm³/mol. The lowest BCUT2D eigenvalue weighted by Crippen LogP contribution is -2.45. The third-order valence-electron chi connectivity index (χ3n) is 4.64. The van der Waals surface area contributed by atoms with E-state index in [4.69, 9.17) is 4.74 Å². The molecule has 6 heteroatoms. The molecule has 26 heavy (non-hydrogen) atoms. The zero-order valence-corrected chi connectivity index (χ0v) is 16.0. The maximum Gasteiger partial charge on any atom is 0.159 e. The van der Waals surface area contributed by atoms with Gasteiger partial charge in [0.1, 0.15) is 17.4 Å². The Balaban J connectivity index is 1.79. The zero-order chi connectivity index (χ0) is 18.4. The van der Waals surface area contributed by atoms with Crippen molar-refractivity contribution in [1.29, 1.82) is 0 Å². The Morgan fingerprint density at radius 3 is 2.50 bits per heavy atom. The number of fused-ring (bicyclic) bond motifs is 1. The van der Waals surface area contributed by atoms with E-state index in [0.717, 1.165) is 58.7 Å². The number of ether oxygens (including phenoxy) is 1. The van der Waals surface area contributed by atoms with Crippen LogP contribution in [0.3, 0.4) is 0 Å². The molecule has 1 saturated heterocycles. The number of anilines is 1. The Morgan fingerprint density at radius 1 is 1.08 bits per heavy atom. The summed E-state index contributed by atoms with van der Waals surface area (Å²) in [7, 11) is 0. The minimum absolute atomic E-state index is 0.129. The van der Waals surface area contributed by atoms with Gasteiger partial charge in [0, 0.05) is 30.6 Å². The molecule has 0 radical (unpaired) electrons. The highest BCUT2D eigenvalue weighted by Gasteiger charge is 2.24. The highest BCUT2D eigenvalue weighted by Crippen LogP contribution is 2.29. The lowest BCUT2D eigenvalue weighted by Gasteiger charge is -2.38. The van der Waals surface area contributed by atoms with Crippen LogP contribution in [0.5, 0.6) is 5.75 Å². The summed E-state index contributed by atoms with van der Waals surface area (Å²) < 4.78 is 7.83. The van der Waals surface area contributed by atoms with Crippen molar-refractivity contribution in [1.82, 2.24) is 19.7 Å². The van der Waals surface area contributed by atoms with Crippen LogP contribution in [0.2, 0.25) is 0 Å². The number of nitrogens with zero attached hydrogens (tertiary/aromatic N) is 5. The molecule has 1 fully saturated rings. The van der Waals surface area contributed by atoms with E-state index in [1.807, 2.05) is 37.7 Å². The average molecular weight is 351 g/mol. The highest BCUT2D eigenvalue weighted by molar-refractivity contribution is 5.83. The second-order valence-electron chi connectivity index (χ2n) is 7.54. The molecule has 0 spiro atoms. The molecule has 4 rings (SSSR count). The van der Waals surface area contributed by atoms with Crippen LogP contribution in [0.15, 0.2) is 24.4 Å². The van der Waals surface area contributed by atoms with Crippen LogP contribution in [0.4, 0.5) is 5.82 Å². The standard InChI is InChI=1S/C20H25N5O/c1-12(2)26-18-7-17-16(6-14(18)4)9-21-25(17)20-8-19(22-15(5)23-20)24-10-13(3)11-24/h6-9,12-13H,10-11H2,1-5H3. The number of benzene rings is 1. The van der Waals surface area contributed by atoms with Gasteiger partial charge < -0.3 is 9.64 Å². The van der Waals surface area contributed by atoms with Gasteiger partial charge in [0.25, 0.3) is 0 Å². The smallest absolute Gasteiger partial charge is 0.159 e. The van der Waals surface area contributed by atoms with Gasteiger partial charge in [0.2, 0.25) is 0 Å². The van der Waals surface area contributed by atoms with Crippen molar-refractivity contribution in [2.75, 3.05) is 18.0 Å². The first-order chi connectivity index (χ1) is 12.4. The van der Waals surface area contributed by atoms with E-state index in [1.54, 1.807) is 0 Å². The van der Waals surface area contributed by atoms with E-state index in [-0.39, 0.29) is 6.10 Å². The molecule has 0 unspecified atom stereocenters. The van der Waals surface area contributed by atoms with Gasteiger partial charge in [-0.05, 0) is 45.2 Å². The predicted octanol–water partition coefficient (Wildman–Crippen LogP) is 3.68. The van der Waals surface area contributed by atoms with Crippen LogP contribution in [0.25, 0.3) is 16.7 Å². The lowest BCUT2D eigenvalue weighted by atomic mass is 10.0. The maximum absolute atomic E-state index is 5.96. The van der Waals surface area contributed by atoms with Crippen molar-refractivity contribution >= 4 is 16.7 Å². The average Bonchev–Trinajstić information content (AvgIpc) is 2.93. The Kier molecular flexibility index (Phi) is 4.05. The third-order valence-corrected chi connectivity index (χ3v) is 4.64. The second-order valence-corrected chi connectivity index (χ2v) is 7.54. The van der Waals surface area contributed by atoms with Gasteiger partial charge in [-0.3, -0.25) is 0 Å². The molecule has 0 amide bonds. The monoisotopic (exact) mass is 351 g/mol. The van der Waals surface area contributed by atoms with Crippen LogP contribution in [0.1, 0.15) is 32.2 Å². The van der Waals surface area contributed by atoms with Gasteiger partial charge in [-0.1, -0.05) is 6.92 Å². The summed E-state index contributed by atoms with van der Waals surface area (Å²) in [5.74, 6) is 4.13. The van der Waals surface area contributed by atoms with Gasteiger partial charge in [-0.25, -0.2) is 14.6 Å². The summed E-state index contributed by atoms with van der Waals surface area (Å²) in [5.41, 5.74) is 2.10. The molecule has 2 aromatic heterocycles. The molecule has 1 aliphatic rings. The molecule has 136 valence electrons. The van der Waals surface area contributed by atoms with E-state index in [2.05, 4.69) is 45.9 Å². The van der Waals surface area contributed by atoms with E-state index in [1.165, 1.54) is 0 Å². The van der Waals surface area contributed by atoms with Crippen LogP contribution < -0.4 is 9.64 Å². The van der Waals surface area contributed by atoms with Crippen molar-refractivity contribution in [2.45, 2.75) is 40.7 Å². The first-order valence-electron chi connectivity index (χ1n) is 9.17. The SMILES string of the molecule is Cc1nc(N2CC(C)C2)cc(-n2ncc3cc(C)c(OC(C)C)cc32)n1. The molecule has 3 aromatic rings. The molecule has 0 atom stereocenters. The Hall–Kier alpha value is -2.63. The summed E-state index contributed by atoms with van der Waals surface area (Å²) in [6, 6.07) is 6.19. The molecule has 0 aliphatic carbocycles. The van der Waals surface area contributed by atoms with Crippen molar-refractivity contribution < 1.29 is 4.74 Å². The molecule has 3 heterocycles. The summed E-state index contributed by atoms with van der Waals surface area (Å²) in [5, 5.41) is 5.66. The first-order valence-corrected chi connectivity index (χ1v) is 9.17. The lowest BCUT2D eigenvalue weighted by molar-refractivity contribution is 0.241. The van der Waals surface area contributed by atoms with Crippen LogP contribution >= 0.6 is 0 Å². The zero-order valence-electron chi connectivity index (χ0n) is 16.0. The van der Waals surface area contributed by atoms with Crippen molar-refractivity contribution in [3.05, 3.63) is 35.8 Å². The molecule has 1 aromatic carbocycles. The Labute approximate surface area is 153 Å². The van der Waals surface area contributed by atoms with Crippen LogP contribution in [-0.2, 0) is 0 Å². The third kappa shape index (κ3) is 3.00. The fourth-order valence-electron chi connectivity index (χ4n) is 3.43. The number of rotatable bonds is 4. The topological polar surface area (TPSA) is 56.1 Å². The number of hydrogen-bond acceptors (Lipinski definition) is 5. The van der Waals surface area contributed by atoms with E-state index >= 15 is 0 Å². The largest absolute Gasteiger partial charge is 0.491 e. The van der Waals surface area contributed by atoms with Crippen LogP contribution in [0, 0.1) is 19.8 Å². The summed E-state index contributed by atoms with van der Waals surface area (Å²) in [4.78, 5) is 11.5. The summed E-state index contributed by atoms with van der Waals surface area (Å²) >= 11 is 0. The van der Waals surface area contributed by atoms with Crippen LogP contribution in [-0.4, -0.2) is 38.9 Å². The number of hydrogen-bond donors (Lipinski definition) is 0. The summed E-state index contributed by atoms with van der Waals surface area (Å²) in [6.07, 6.45) is 2.01. The first kappa shape index (κ1) is 16.8. The molecule has 0 N–H and O–H groups in total. The van der Waals surface area contributed by atoms with E-state index in [0.29, 0.717) is 0 Å². The molecular formula is C20H25N5O. The van der Waals surface area contributed by atoms with Gasteiger partial charge in [0.15, 0.2) is 5.82 Å². The molecule has 0 bridgehead atoms. The molecule has 1 aliphatic heterocycles. The van der Waals surface area contributed by atoms with E-state index in [9.17, 15) is 0 Å². The van der Waals surface area contributed by atoms with Crippen molar-refractivity contribution in [3.8, 4) is 11.6 Å². The van der Waals surface area contributed by atoms with Crippen molar-refractivity contribution in [2.24, 2.45) is 5.92 Å². The summed E-state index contributed by atoms with van der Waals surface area (Å²) in [6.45, 7) is 12.4. The fourth-order valence-corrected chi connectivity index (χ4v) is 3.43. The van der Waals surface area contributed by atoms with Crippen molar-refractivity contribution in [3.63, 3.8) is 0 Å². The minimum Gasteiger partial charge on any atom is -0.491 e. The quantitative estimate of drug-likeness (QED) is 0.718. The fraction of sp³-hybridized carbons (Fsp3) is 0.450. The number of aromatic nitrogens is 4. The van der Waals surface area contributed by atoms with Gasteiger partial charge in [0.05, 0.1) is 17.8 Å². The molecule has 6 nitrogen and oxygen atoms in total. The normalized spacial score (nSPS) is 14.9. The van der Waals surface area contributed by atoms with E-state index < -0.39 is 0 Å².